The number of hydrogen-bond donors (Lipinski definition) is 3. The highest BCUT2D eigenvalue weighted by molar-refractivity contribution is 6.31. The fourth-order valence-corrected chi connectivity index (χ4v) is 5.13. The Morgan fingerprint density at radius 1 is 1.30 bits per heavy atom. The third-order valence-corrected chi connectivity index (χ3v) is 6.94. The number of nitrogens with one attached hydrogen (secondary N) is 1. The highest BCUT2D eigenvalue weighted by Gasteiger charge is 2.67. The van der Waals surface area contributed by atoms with Crippen LogP contribution in [0.5, 0.6) is 0 Å². The Labute approximate surface area is 163 Å². The lowest BCUT2D eigenvalue weighted by atomic mass is 9.48. The molecule has 1 aliphatic rings. The first kappa shape index (κ1) is 21.6. The summed E-state index contributed by atoms with van der Waals surface area (Å²) in [7, 11) is 0. The molecule has 1 fully saturated rings. The third-order valence-electron chi connectivity index (χ3n) is 6.53. The smallest absolute Gasteiger partial charge is 0.312 e. The number of piperidine rings is 1. The van der Waals surface area contributed by atoms with Gasteiger partial charge in [0.1, 0.15) is 6.67 Å². The minimum absolute atomic E-state index is 0.417. The fraction of sp³-hybridized carbons (Fsp3) is 0.600. The molecule has 1 heterocycles. The van der Waals surface area contributed by atoms with Crippen molar-refractivity contribution in [1.82, 2.24) is 5.32 Å². The van der Waals surface area contributed by atoms with E-state index in [1.807, 2.05) is 0 Å². The van der Waals surface area contributed by atoms with E-state index in [1.54, 1.807) is 45.9 Å². The topological polar surface area (TPSA) is 86.6 Å². The molecule has 0 amide bonds. The average Bonchev–Trinajstić information content (AvgIpc) is 2.58. The van der Waals surface area contributed by atoms with Gasteiger partial charge in [0.05, 0.1) is 16.9 Å². The van der Waals surface area contributed by atoms with E-state index in [0.29, 0.717) is 16.1 Å². The number of rotatable bonds is 5. The van der Waals surface area contributed by atoms with Crippen molar-refractivity contribution in [3.63, 3.8) is 0 Å². The van der Waals surface area contributed by atoms with Gasteiger partial charge in [0.25, 0.3) is 0 Å². The molecule has 2 rings (SSSR count). The van der Waals surface area contributed by atoms with Gasteiger partial charge < -0.3 is 15.5 Å². The van der Waals surface area contributed by atoms with E-state index >= 15 is 0 Å². The van der Waals surface area contributed by atoms with Gasteiger partial charge in [-0.3, -0.25) is 9.59 Å². The van der Waals surface area contributed by atoms with Crippen molar-refractivity contribution in [3.8, 4) is 0 Å². The molecular formula is C20H27ClFNO4. The number of carboxylic acids is 2. The standard InChI is InChI=1S/C20H27ClFNO4/c1-10(2)20(18(26)27)12(4)23-15(9-22)19(5,17(24)25)16(20)13-7-6-8-14(21)11(13)3/h6-8,10,12,15-16,23H,9H2,1-5H3,(H,24,25)(H,26,27). The van der Waals surface area contributed by atoms with Gasteiger partial charge in [0, 0.05) is 17.0 Å². The van der Waals surface area contributed by atoms with Crippen LogP contribution in [0.3, 0.4) is 0 Å². The lowest BCUT2D eigenvalue weighted by Gasteiger charge is -2.58. The first-order valence-electron chi connectivity index (χ1n) is 9.01. The van der Waals surface area contributed by atoms with E-state index in [0.717, 1.165) is 0 Å². The van der Waals surface area contributed by atoms with Gasteiger partial charge >= 0.3 is 11.9 Å². The fourth-order valence-electron chi connectivity index (χ4n) is 4.94. The summed E-state index contributed by atoms with van der Waals surface area (Å²) in [5.74, 6) is -3.73. The van der Waals surface area contributed by atoms with Crippen LogP contribution >= 0.6 is 11.6 Å². The van der Waals surface area contributed by atoms with Crippen molar-refractivity contribution >= 4 is 23.5 Å². The molecule has 0 spiro atoms. The molecular weight excluding hydrogens is 373 g/mol. The minimum atomic E-state index is -1.68. The molecule has 7 heteroatoms. The zero-order valence-electron chi connectivity index (χ0n) is 16.2. The normalized spacial score (nSPS) is 33.9. The van der Waals surface area contributed by atoms with Crippen molar-refractivity contribution in [3.05, 3.63) is 34.3 Å². The van der Waals surface area contributed by atoms with Crippen LogP contribution in [0.2, 0.25) is 5.02 Å². The summed E-state index contributed by atoms with van der Waals surface area (Å²) >= 11 is 6.28. The summed E-state index contributed by atoms with van der Waals surface area (Å²) in [5, 5.41) is 23.9. The van der Waals surface area contributed by atoms with Crippen LogP contribution in [-0.4, -0.2) is 40.9 Å². The van der Waals surface area contributed by atoms with Crippen LogP contribution in [0.25, 0.3) is 0 Å². The molecule has 3 N–H and O–H groups in total. The quantitative estimate of drug-likeness (QED) is 0.699. The Bertz CT molecular complexity index is 755. The van der Waals surface area contributed by atoms with Gasteiger partial charge in [-0.15, -0.1) is 0 Å². The zero-order valence-corrected chi connectivity index (χ0v) is 17.0. The summed E-state index contributed by atoms with van der Waals surface area (Å²) in [4.78, 5) is 25.1. The number of benzene rings is 1. The molecule has 0 aliphatic carbocycles. The highest BCUT2D eigenvalue weighted by Crippen LogP contribution is 2.59. The van der Waals surface area contributed by atoms with E-state index < -0.39 is 53.4 Å². The van der Waals surface area contributed by atoms with Crippen LogP contribution in [0.1, 0.15) is 44.7 Å². The first-order chi connectivity index (χ1) is 12.5. The number of carboxylic acid groups (broad SMARTS) is 2. The average molecular weight is 400 g/mol. The number of hydrogen-bond acceptors (Lipinski definition) is 3. The second-order valence-electron chi connectivity index (χ2n) is 7.96. The van der Waals surface area contributed by atoms with E-state index in [-0.39, 0.29) is 0 Å². The van der Waals surface area contributed by atoms with Crippen LogP contribution in [0.15, 0.2) is 18.2 Å². The molecule has 0 bridgehead atoms. The summed E-state index contributed by atoms with van der Waals surface area (Å²) in [6.45, 7) is 7.46. The van der Waals surface area contributed by atoms with Crippen molar-refractivity contribution in [2.45, 2.75) is 52.6 Å². The minimum Gasteiger partial charge on any atom is -0.481 e. The van der Waals surface area contributed by atoms with Crippen LogP contribution < -0.4 is 5.32 Å². The van der Waals surface area contributed by atoms with Crippen molar-refractivity contribution in [1.29, 1.82) is 0 Å². The molecule has 1 aromatic rings. The third kappa shape index (κ3) is 2.93. The number of aliphatic carboxylic acids is 2. The molecule has 0 aromatic heterocycles. The van der Waals surface area contributed by atoms with Crippen molar-refractivity contribution in [2.24, 2.45) is 16.7 Å². The largest absolute Gasteiger partial charge is 0.481 e. The monoisotopic (exact) mass is 399 g/mol. The maximum atomic E-state index is 13.9. The van der Waals surface area contributed by atoms with Crippen LogP contribution in [0, 0.1) is 23.7 Å². The SMILES string of the molecule is Cc1c(Cl)cccc1C1C(C)(C(=O)O)C(CF)NC(C)C1(C(=O)O)C(C)C. The molecule has 1 aliphatic heterocycles. The highest BCUT2D eigenvalue weighted by atomic mass is 35.5. The van der Waals surface area contributed by atoms with Crippen molar-refractivity contribution < 1.29 is 24.2 Å². The lowest BCUT2D eigenvalue weighted by molar-refractivity contribution is -0.176. The number of carbonyl (C=O) groups is 2. The molecule has 150 valence electrons. The van der Waals surface area contributed by atoms with Crippen LogP contribution in [-0.2, 0) is 9.59 Å². The maximum Gasteiger partial charge on any atom is 0.312 e. The van der Waals surface area contributed by atoms with Gasteiger partial charge in [-0.1, -0.05) is 37.6 Å². The Kier molecular flexibility index (Phi) is 5.93. The van der Waals surface area contributed by atoms with E-state index in [9.17, 15) is 24.2 Å². The van der Waals surface area contributed by atoms with Gasteiger partial charge in [-0.05, 0) is 43.9 Å². The summed E-state index contributed by atoms with van der Waals surface area (Å²) in [6.07, 6.45) is 0. The second kappa shape index (κ2) is 7.40. The lowest BCUT2D eigenvalue weighted by Crippen LogP contribution is -2.71. The van der Waals surface area contributed by atoms with Gasteiger partial charge in [-0.25, -0.2) is 4.39 Å². The summed E-state index contributed by atoms with van der Waals surface area (Å²) in [6, 6.07) is 3.39. The summed E-state index contributed by atoms with van der Waals surface area (Å²) < 4.78 is 13.9. The zero-order chi connectivity index (χ0) is 20.7. The maximum absolute atomic E-state index is 13.9. The van der Waals surface area contributed by atoms with E-state index in [1.165, 1.54) is 6.92 Å². The Hall–Kier alpha value is -1.66. The molecule has 5 nitrogen and oxygen atoms in total. The van der Waals surface area contributed by atoms with Gasteiger partial charge in [-0.2, -0.15) is 0 Å². The van der Waals surface area contributed by atoms with E-state index in [2.05, 4.69) is 5.32 Å². The molecule has 27 heavy (non-hydrogen) atoms. The second-order valence-corrected chi connectivity index (χ2v) is 8.37. The van der Waals surface area contributed by atoms with Gasteiger partial charge in [0.15, 0.2) is 0 Å². The van der Waals surface area contributed by atoms with E-state index in [4.69, 9.17) is 11.6 Å². The Morgan fingerprint density at radius 2 is 1.89 bits per heavy atom. The number of halogens is 2. The summed E-state index contributed by atoms with van der Waals surface area (Å²) in [5.41, 5.74) is -1.99. The molecule has 5 atom stereocenters. The molecule has 1 aromatic carbocycles. The molecule has 1 saturated heterocycles. The Morgan fingerprint density at radius 3 is 2.33 bits per heavy atom. The molecule has 0 radical (unpaired) electrons. The van der Waals surface area contributed by atoms with Crippen molar-refractivity contribution in [2.75, 3.05) is 6.67 Å². The molecule has 5 unspecified atom stereocenters. The predicted molar refractivity (Wildman–Crippen MR) is 102 cm³/mol. The first-order valence-corrected chi connectivity index (χ1v) is 9.38. The molecule has 0 saturated carbocycles. The number of alkyl halides is 1. The van der Waals surface area contributed by atoms with Gasteiger partial charge in [0.2, 0.25) is 0 Å². The van der Waals surface area contributed by atoms with Crippen LogP contribution in [0.4, 0.5) is 4.39 Å². The predicted octanol–water partition coefficient (Wildman–Crippen LogP) is 3.88. The Balaban J connectivity index is 2.97.